The van der Waals surface area contributed by atoms with Crippen LogP contribution in [0.3, 0.4) is 0 Å². The number of carbonyl (C=O) groups excluding carboxylic acids is 1. The van der Waals surface area contributed by atoms with Crippen molar-refractivity contribution in [2.24, 2.45) is 0 Å². The lowest BCUT2D eigenvalue weighted by Gasteiger charge is -2.13. The molecule has 0 atom stereocenters. The van der Waals surface area contributed by atoms with Crippen molar-refractivity contribution in [3.63, 3.8) is 0 Å². The van der Waals surface area contributed by atoms with Crippen LogP contribution in [-0.4, -0.2) is 10.9 Å². The average Bonchev–Trinajstić information content (AvgIpc) is 2.69. The molecular weight excluding hydrogens is 322 g/mol. The zero-order chi connectivity index (χ0) is 18.4. The van der Waals surface area contributed by atoms with E-state index in [0.29, 0.717) is 5.69 Å². The fourth-order valence-corrected chi connectivity index (χ4v) is 2.81. The molecular formula is C22H23N3O. The summed E-state index contributed by atoms with van der Waals surface area (Å²) in [6.07, 6.45) is 2.56. The number of aromatic nitrogens is 1. The highest BCUT2D eigenvalue weighted by Gasteiger charge is 2.11. The van der Waals surface area contributed by atoms with Gasteiger partial charge in [-0.25, -0.2) is 4.98 Å². The van der Waals surface area contributed by atoms with Crippen molar-refractivity contribution in [2.45, 2.75) is 26.8 Å². The van der Waals surface area contributed by atoms with Crippen LogP contribution >= 0.6 is 0 Å². The molecule has 0 radical (unpaired) electrons. The summed E-state index contributed by atoms with van der Waals surface area (Å²) < 4.78 is 0. The molecule has 0 saturated carbocycles. The van der Waals surface area contributed by atoms with Crippen molar-refractivity contribution in [3.8, 4) is 0 Å². The van der Waals surface area contributed by atoms with Crippen LogP contribution in [0.4, 0.5) is 11.4 Å². The molecule has 3 rings (SSSR count). The molecule has 4 heteroatoms. The largest absolute Gasteiger partial charge is 0.380 e. The number of carbonyl (C=O) groups is 1. The monoisotopic (exact) mass is 345 g/mol. The summed E-state index contributed by atoms with van der Waals surface area (Å²) in [5.41, 5.74) is 5.54. The third-order valence-electron chi connectivity index (χ3n) is 4.31. The Hall–Kier alpha value is -3.14. The van der Waals surface area contributed by atoms with Crippen LogP contribution in [0.1, 0.15) is 34.1 Å². The van der Waals surface area contributed by atoms with Gasteiger partial charge in [0, 0.05) is 12.2 Å². The van der Waals surface area contributed by atoms with Gasteiger partial charge in [0.1, 0.15) is 5.69 Å². The Morgan fingerprint density at radius 1 is 1.00 bits per heavy atom. The molecule has 132 valence electrons. The number of nitrogens with zero attached hydrogens (tertiary/aromatic N) is 1. The highest BCUT2D eigenvalue weighted by molar-refractivity contribution is 6.03. The second-order valence-electron chi connectivity index (χ2n) is 6.19. The van der Waals surface area contributed by atoms with Gasteiger partial charge in [0.2, 0.25) is 0 Å². The first-order valence-corrected chi connectivity index (χ1v) is 8.81. The van der Waals surface area contributed by atoms with E-state index in [2.05, 4.69) is 34.7 Å². The van der Waals surface area contributed by atoms with Crippen LogP contribution < -0.4 is 10.6 Å². The number of nitrogens with one attached hydrogen (secondary N) is 2. The fourth-order valence-electron chi connectivity index (χ4n) is 2.81. The molecule has 26 heavy (non-hydrogen) atoms. The highest BCUT2D eigenvalue weighted by atomic mass is 16.1. The molecule has 0 aliphatic carbocycles. The number of amides is 1. The van der Waals surface area contributed by atoms with Gasteiger partial charge in [-0.3, -0.25) is 4.79 Å². The van der Waals surface area contributed by atoms with Crippen LogP contribution in [0.25, 0.3) is 0 Å². The number of rotatable bonds is 6. The maximum absolute atomic E-state index is 12.5. The molecule has 0 aliphatic rings. The molecule has 0 bridgehead atoms. The van der Waals surface area contributed by atoms with Gasteiger partial charge in [-0.05, 0) is 42.2 Å². The number of benzene rings is 2. The Labute approximate surface area is 154 Å². The lowest BCUT2D eigenvalue weighted by molar-refractivity contribution is 0.102. The van der Waals surface area contributed by atoms with Crippen molar-refractivity contribution in [1.82, 2.24) is 4.98 Å². The molecule has 2 aromatic carbocycles. The summed E-state index contributed by atoms with van der Waals surface area (Å²) in [5.74, 6) is -0.191. The molecule has 0 unspecified atom stereocenters. The SMILES string of the molecule is CCc1cccc(C)c1NC(=O)c1ccc(NCc2ccccc2)cn1. The Kier molecular flexibility index (Phi) is 5.64. The third kappa shape index (κ3) is 4.28. The Bertz CT molecular complexity index is 874. The number of hydrogen-bond donors (Lipinski definition) is 2. The molecule has 3 aromatic rings. The average molecular weight is 345 g/mol. The van der Waals surface area contributed by atoms with Crippen molar-refractivity contribution < 1.29 is 4.79 Å². The van der Waals surface area contributed by atoms with Crippen molar-refractivity contribution >= 4 is 17.3 Å². The van der Waals surface area contributed by atoms with E-state index < -0.39 is 0 Å². The topological polar surface area (TPSA) is 54.0 Å². The predicted octanol–water partition coefficient (Wildman–Crippen LogP) is 4.82. The van der Waals surface area contributed by atoms with Crippen LogP contribution in [0, 0.1) is 6.92 Å². The van der Waals surface area contributed by atoms with Crippen LogP contribution in [0.2, 0.25) is 0 Å². The van der Waals surface area contributed by atoms with Gasteiger partial charge in [-0.1, -0.05) is 55.5 Å². The van der Waals surface area contributed by atoms with E-state index in [-0.39, 0.29) is 5.91 Å². The second kappa shape index (κ2) is 8.30. The standard InChI is InChI=1S/C22H23N3O/c1-3-18-11-7-8-16(2)21(18)25-22(26)20-13-12-19(15-24-20)23-14-17-9-5-4-6-10-17/h4-13,15,23H,3,14H2,1-2H3,(H,25,26). The van der Waals surface area contributed by atoms with Crippen molar-refractivity contribution in [2.75, 3.05) is 10.6 Å². The first-order valence-electron chi connectivity index (χ1n) is 8.81. The highest BCUT2D eigenvalue weighted by Crippen LogP contribution is 2.21. The summed E-state index contributed by atoms with van der Waals surface area (Å²) in [4.78, 5) is 16.8. The van der Waals surface area contributed by atoms with E-state index in [1.165, 1.54) is 5.56 Å². The molecule has 0 spiro atoms. The zero-order valence-electron chi connectivity index (χ0n) is 15.1. The molecule has 0 saturated heterocycles. The lowest BCUT2D eigenvalue weighted by atomic mass is 10.1. The van der Waals surface area contributed by atoms with Crippen molar-refractivity contribution in [1.29, 1.82) is 0 Å². The molecule has 4 nitrogen and oxygen atoms in total. The predicted molar refractivity (Wildman–Crippen MR) is 107 cm³/mol. The minimum Gasteiger partial charge on any atom is -0.380 e. The summed E-state index contributed by atoms with van der Waals surface area (Å²) in [7, 11) is 0. The molecule has 1 amide bonds. The summed E-state index contributed by atoms with van der Waals surface area (Å²) >= 11 is 0. The number of para-hydroxylation sites is 1. The Morgan fingerprint density at radius 3 is 2.50 bits per heavy atom. The van der Waals surface area contributed by atoms with Crippen molar-refractivity contribution in [3.05, 3.63) is 89.2 Å². The van der Waals surface area contributed by atoms with Gasteiger partial charge in [0.25, 0.3) is 5.91 Å². The summed E-state index contributed by atoms with van der Waals surface area (Å²) in [6, 6.07) is 19.8. The van der Waals surface area contributed by atoms with Gasteiger partial charge in [-0.2, -0.15) is 0 Å². The normalized spacial score (nSPS) is 10.4. The second-order valence-corrected chi connectivity index (χ2v) is 6.19. The van der Waals surface area contributed by atoms with Crippen LogP contribution in [0.5, 0.6) is 0 Å². The first kappa shape index (κ1) is 17.7. The van der Waals surface area contributed by atoms with E-state index >= 15 is 0 Å². The van der Waals surface area contributed by atoms with Gasteiger partial charge in [0.05, 0.1) is 11.9 Å². The van der Waals surface area contributed by atoms with E-state index in [1.807, 2.05) is 49.4 Å². The van der Waals surface area contributed by atoms with Gasteiger partial charge < -0.3 is 10.6 Å². The fraction of sp³-hybridized carbons (Fsp3) is 0.182. The van der Waals surface area contributed by atoms with Crippen LogP contribution in [-0.2, 0) is 13.0 Å². The quantitative estimate of drug-likeness (QED) is 0.673. The first-order chi connectivity index (χ1) is 12.7. The van der Waals surface area contributed by atoms with E-state index in [4.69, 9.17) is 0 Å². The molecule has 0 aliphatic heterocycles. The van der Waals surface area contributed by atoms with E-state index in [1.54, 1.807) is 12.3 Å². The molecule has 0 fully saturated rings. The third-order valence-corrected chi connectivity index (χ3v) is 4.31. The number of pyridine rings is 1. The Balaban J connectivity index is 1.66. The van der Waals surface area contributed by atoms with Gasteiger partial charge in [-0.15, -0.1) is 0 Å². The maximum Gasteiger partial charge on any atom is 0.274 e. The maximum atomic E-state index is 12.5. The molecule has 1 heterocycles. The zero-order valence-corrected chi connectivity index (χ0v) is 15.1. The van der Waals surface area contributed by atoms with Crippen LogP contribution in [0.15, 0.2) is 66.9 Å². The van der Waals surface area contributed by atoms with Gasteiger partial charge in [0.15, 0.2) is 0 Å². The van der Waals surface area contributed by atoms with E-state index in [9.17, 15) is 4.79 Å². The van der Waals surface area contributed by atoms with Gasteiger partial charge >= 0.3 is 0 Å². The number of aryl methyl sites for hydroxylation is 2. The molecule has 1 aromatic heterocycles. The minimum atomic E-state index is -0.191. The summed E-state index contributed by atoms with van der Waals surface area (Å²) in [6.45, 7) is 4.80. The number of anilines is 2. The number of hydrogen-bond acceptors (Lipinski definition) is 3. The Morgan fingerprint density at radius 2 is 1.81 bits per heavy atom. The smallest absolute Gasteiger partial charge is 0.274 e. The molecule has 2 N–H and O–H groups in total. The summed E-state index contributed by atoms with van der Waals surface area (Å²) in [5, 5.41) is 6.31. The van der Waals surface area contributed by atoms with E-state index in [0.717, 1.165) is 35.5 Å². The lowest BCUT2D eigenvalue weighted by Crippen LogP contribution is -2.15. The minimum absolute atomic E-state index is 0.191.